The van der Waals surface area contributed by atoms with Gasteiger partial charge < -0.3 is 15.0 Å². The summed E-state index contributed by atoms with van der Waals surface area (Å²) < 4.78 is 8.03. The Bertz CT molecular complexity index is 409. The first-order chi connectivity index (χ1) is 9.29. The van der Waals surface area contributed by atoms with Gasteiger partial charge in [-0.2, -0.15) is 0 Å². The van der Waals surface area contributed by atoms with Gasteiger partial charge in [-0.1, -0.05) is 0 Å². The first kappa shape index (κ1) is 13.1. The molecule has 0 aromatic carbocycles. The van der Waals surface area contributed by atoms with Gasteiger partial charge in [0, 0.05) is 31.9 Å². The van der Waals surface area contributed by atoms with Crippen molar-refractivity contribution in [2.75, 3.05) is 26.7 Å². The number of hydrogen-bond donors (Lipinski definition) is 1. The zero-order valence-electron chi connectivity index (χ0n) is 11.7. The topological polar surface area (TPSA) is 56.3 Å². The zero-order chi connectivity index (χ0) is 13.2. The Morgan fingerprint density at radius 3 is 3.00 bits per heavy atom. The van der Waals surface area contributed by atoms with Gasteiger partial charge in [0.1, 0.15) is 0 Å². The Morgan fingerprint density at radius 1 is 1.53 bits per heavy atom. The van der Waals surface area contributed by atoms with Crippen LogP contribution in [0.4, 0.5) is 0 Å². The van der Waals surface area contributed by atoms with Crippen LogP contribution in [-0.4, -0.2) is 47.3 Å². The van der Waals surface area contributed by atoms with Gasteiger partial charge in [0.05, 0.1) is 24.2 Å². The lowest BCUT2D eigenvalue weighted by Gasteiger charge is -2.29. The third-order valence-corrected chi connectivity index (χ3v) is 4.25. The fraction of sp³-hybridized carbons (Fsp3) is 0.786. The van der Waals surface area contributed by atoms with Crippen molar-refractivity contribution < 1.29 is 4.74 Å². The maximum absolute atomic E-state index is 6.01. The molecule has 19 heavy (non-hydrogen) atoms. The number of imidazole rings is 1. The van der Waals surface area contributed by atoms with Crippen LogP contribution in [-0.2, 0) is 4.74 Å². The number of ether oxygens (including phenoxy) is 1. The van der Waals surface area contributed by atoms with Crippen LogP contribution in [0.1, 0.15) is 43.5 Å². The number of likely N-dealkylation sites (N-methyl/N-ethyl adjacent to an activating group) is 1. The molecule has 106 valence electrons. The van der Waals surface area contributed by atoms with E-state index in [0.717, 1.165) is 13.2 Å². The summed E-state index contributed by atoms with van der Waals surface area (Å²) >= 11 is 0. The van der Waals surface area contributed by atoms with Crippen LogP contribution in [0.3, 0.4) is 0 Å². The van der Waals surface area contributed by atoms with Crippen LogP contribution < -0.4 is 5.73 Å². The van der Waals surface area contributed by atoms with Gasteiger partial charge >= 0.3 is 0 Å². The molecule has 0 spiro atoms. The molecule has 2 N–H and O–H groups in total. The van der Waals surface area contributed by atoms with E-state index in [0.29, 0.717) is 18.7 Å². The van der Waals surface area contributed by atoms with Gasteiger partial charge in [0.2, 0.25) is 0 Å². The van der Waals surface area contributed by atoms with E-state index in [1.165, 1.54) is 31.4 Å². The van der Waals surface area contributed by atoms with E-state index in [1.54, 1.807) is 0 Å². The number of aromatic nitrogens is 2. The average Bonchev–Trinajstić information content (AvgIpc) is 2.91. The Morgan fingerprint density at radius 2 is 2.37 bits per heavy atom. The monoisotopic (exact) mass is 264 g/mol. The number of rotatable bonds is 6. The van der Waals surface area contributed by atoms with Gasteiger partial charge in [-0.05, 0) is 32.7 Å². The Kier molecular flexibility index (Phi) is 3.86. The lowest BCUT2D eigenvalue weighted by molar-refractivity contribution is 0.0678. The Labute approximate surface area is 114 Å². The molecule has 2 fully saturated rings. The summed E-state index contributed by atoms with van der Waals surface area (Å²) in [7, 11) is 2.14. The molecule has 3 rings (SSSR count). The van der Waals surface area contributed by atoms with E-state index in [1.807, 2.05) is 12.5 Å². The first-order valence-electron chi connectivity index (χ1n) is 7.33. The van der Waals surface area contributed by atoms with E-state index in [9.17, 15) is 0 Å². The quantitative estimate of drug-likeness (QED) is 0.842. The lowest BCUT2D eigenvalue weighted by Crippen LogP contribution is -2.37. The fourth-order valence-electron chi connectivity index (χ4n) is 2.99. The van der Waals surface area contributed by atoms with Crippen molar-refractivity contribution in [2.45, 2.75) is 43.9 Å². The Balaban J connectivity index is 1.69. The molecule has 1 saturated heterocycles. The van der Waals surface area contributed by atoms with Crippen molar-refractivity contribution in [3.05, 3.63) is 18.2 Å². The standard InChI is InChI=1S/C14H24N4O/c1-17(9-12-3-2-6-19-12)13(7-15)14-8-16-10-18(14)11-4-5-11/h8,10-13H,2-7,9,15H2,1H3. The molecule has 0 amide bonds. The largest absolute Gasteiger partial charge is 0.377 e. The summed E-state index contributed by atoms with van der Waals surface area (Å²) in [5, 5.41) is 0. The van der Waals surface area contributed by atoms with Gasteiger partial charge in [-0.25, -0.2) is 4.98 Å². The predicted molar refractivity (Wildman–Crippen MR) is 73.9 cm³/mol. The highest BCUT2D eigenvalue weighted by molar-refractivity contribution is 5.10. The van der Waals surface area contributed by atoms with Crippen molar-refractivity contribution >= 4 is 0 Å². The molecular weight excluding hydrogens is 240 g/mol. The van der Waals surface area contributed by atoms with E-state index in [4.69, 9.17) is 10.5 Å². The van der Waals surface area contributed by atoms with Crippen LogP contribution >= 0.6 is 0 Å². The van der Waals surface area contributed by atoms with Crippen molar-refractivity contribution in [1.82, 2.24) is 14.5 Å². The smallest absolute Gasteiger partial charge is 0.0951 e. The van der Waals surface area contributed by atoms with Crippen LogP contribution in [0.5, 0.6) is 0 Å². The minimum atomic E-state index is 0.243. The average molecular weight is 264 g/mol. The number of nitrogens with zero attached hydrogens (tertiary/aromatic N) is 3. The SMILES string of the molecule is CN(CC1CCCO1)C(CN)c1cncn1C1CC1. The second-order valence-electron chi connectivity index (χ2n) is 5.78. The summed E-state index contributed by atoms with van der Waals surface area (Å²) in [6.07, 6.45) is 9.20. The predicted octanol–water partition coefficient (Wildman–Crippen LogP) is 1.33. The molecule has 1 aromatic rings. The maximum Gasteiger partial charge on any atom is 0.0951 e. The number of nitrogens with two attached hydrogens (primary N) is 1. The van der Waals surface area contributed by atoms with Crippen LogP contribution in [0.2, 0.25) is 0 Å². The van der Waals surface area contributed by atoms with Crippen LogP contribution in [0.15, 0.2) is 12.5 Å². The second kappa shape index (κ2) is 5.61. The van der Waals surface area contributed by atoms with E-state index in [2.05, 4.69) is 21.5 Å². The molecule has 0 radical (unpaired) electrons. The summed E-state index contributed by atoms with van der Waals surface area (Å²) in [6, 6.07) is 0.898. The maximum atomic E-state index is 6.01. The highest BCUT2D eigenvalue weighted by atomic mass is 16.5. The summed E-state index contributed by atoms with van der Waals surface area (Å²) in [6.45, 7) is 2.49. The highest BCUT2D eigenvalue weighted by Crippen LogP contribution is 2.37. The van der Waals surface area contributed by atoms with Crippen molar-refractivity contribution in [2.24, 2.45) is 5.73 Å². The minimum Gasteiger partial charge on any atom is -0.377 e. The van der Waals surface area contributed by atoms with Gasteiger partial charge in [0.25, 0.3) is 0 Å². The van der Waals surface area contributed by atoms with Gasteiger partial charge in [0.15, 0.2) is 0 Å². The third kappa shape index (κ3) is 2.83. The molecule has 2 aliphatic rings. The summed E-state index contributed by atoms with van der Waals surface area (Å²) in [4.78, 5) is 6.64. The Hall–Kier alpha value is -0.910. The second-order valence-corrected chi connectivity index (χ2v) is 5.78. The minimum absolute atomic E-state index is 0.243. The van der Waals surface area contributed by atoms with Crippen molar-refractivity contribution in [1.29, 1.82) is 0 Å². The summed E-state index contributed by atoms with van der Waals surface area (Å²) in [5.74, 6) is 0. The molecule has 1 saturated carbocycles. The van der Waals surface area contributed by atoms with Crippen molar-refractivity contribution in [3.63, 3.8) is 0 Å². The fourth-order valence-corrected chi connectivity index (χ4v) is 2.99. The van der Waals surface area contributed by atoms with Crippen LogP contribution in [0, 0.1) is 0 Å². The van der Waals surface area contributed by atoms with E-state index >= 15 is 0 Å². The molecule has 0 bridgehead atoms. The molecule has 5 heteroatoms. The van der Waals surface area contributed by atoms with Gasteiger partial charge in [-0.15, -0.1) is 0 Å². The molecule has 2 atom stereocenters. The molecule has 2 heterocycles. The highest BCUT2D eigenvalue weighted by Gasteiger charge is 2.30. The lowest BCUT2D eigenvalue weighted by atomic mass is 10.1. The van der Waals surface area contributed by atoms with E-state index in [-0.39, 0.29) is 6.04 Å². The number of hydrogen-bond acceptors (Lipinski definition) is 4. The van der Waals surface area contributed by atoms with Crippen LogP contribution in [0.25, 0.3) is 0 Å². The summed E-state index contributed by atoms with van der Waals surface area (Å²) in [5.41, 5.74) is 7.26. The zero-order valence-corrected chi connectivity index (χ0v) is 11.7. The first-order valence-corrected chi connectivity index (χ1v) is 7.33. The molecule has 5 nitrogen and oxygen atoms in total. The normalized spacial score (nSPS) is 25.1. The third-order valence-electron chi connectivity index (χ3n) is 4.25. The van der Waals surface area contributed by atoms with E-state index < -0.39 is 0 Å². The molecule has 2 unspecified atom stereocenters. The molecular formula is C14H24N4O. The molecule has 1 aromatic heterocycles. The molecule has 1 aliphatic carbocycles. The van der Waals surface area contributed by atoms with Gasteiger partial charge in [-0.3, -0.25) is 4.90 Å². The molecule has 1 aliphatic heterocycles. The van der Waals surface area contributed by atoms with Crippen molar-refractivity contribution in [3.8, 4) is 0 Å².